The minimum atomic E-state index is -1.32. The molecule has 0 aliphatic heterocycles. The highest BCUT2D eigenvalue weighted by molar-refractivity contribution is 5.88. The summed E-state index contributed by atoms with van der Waals surface area (Å²) in [5.74, 6) is -1.25. The molecule has 0 aliphatic carbocycles. The first-order chi connectivity index (χ1) is 8.16. The van der Waals surface area contributed by atoms with Crippen molar-refractivity contribution in [1.29, 1.82) is 0 Å². The minimum Gasteiger partial charge on any atom is -0.478 e. The van der Waals surface area contributed by atoms with Gasteiger partial charge in [0.1, 0.15) is 17.3 Å². The van der Waals surface area contributed by atoms with Gasteiger partial charge >= 0.3 is 5.97 Å². The Morgan fingerprint density at radius 3 is 2.33 bits per heavy atom. The van der Waals surface area contributed by atoms with Crippen LogP contribution in [0.25, 0.3) is 0 Å². The Kier molecular flexibility index (Phi) is 4.68. The third-order valence-electron chi connectivity index (χ3n) is 2.15. The predicted molar refractivity (Wildman–Crippen MR) is 67.1 cm³/mol. The Balaban J connectivity index is 0.00000162. The van der Waals surface area contributed by atoms with Crippen LogP contribution in [0.4, 0.5) is 4.39 Å². The molecule has 0 amide bonds. The van der Waals surface area contributed by atoms with Crippen LogP contribution in [-0.4, -0.2) is 11.1 Å². The van der Waals surface area contributed by atoms with Crippen molar-refractivity contribution in [3.05, 3.63) is 59.9 Å². The van der Waals surface area contributed by atoms with Crippen LogP contribution >= 0.6 is 12.4 Å². The lowest BCUT2D eigenvalue weighted by molar-refractivity contribution is 0.0691. The van der Waals surface area contributed by atoms with Crippen LogP contribution in [-0.2, 0) is 0 Å². The molecular formula is C13H10ClFO3. The van der Waals surface area contributed by atoms with Crippen LogP contribution < -0.4 is 4.74 Å². The van der Waals surface area contributed by atoms with Gasteiger partial charge in [0.2, 0.25) is 0 Å². The van der Waals surface area contributed by atoms with Crippen molar-refractivity contribution in [2.75, 3.05) is 0 Å². The molecule has 0 saturated heterocycles. The molecule has 0 spiro atoms. The fourth-order valence-corrected chi connectivity index (χ4v) is 1.36. The number of carboxylic acids is 1. The molecule has 0 bridgehead atoms. The van der Waals surface area contributed by atoms with Gasteiger partial charge in [-0.2, -0.15) is 0 Å². The van der Waals surface area contributed by atoms with E-state index in [4.69, 9.17) is 9.84 Å². The summed E-state index contributed by atoms with van der Waals surface area (Å²) in [6.45, 7) is 0. The Bertz CT molecular complexity index is 543. The summed E-state index contributed by atoms with van der Waals surface area (Å²) in [6, 6.07) is 12.5. The van der Waals surface area contributed by atoms with E-state index in [0.29, 0.717) is 5.75 Å². The van der Waals surface area contributed by atoms with Crippen molar-refractivity contribution in [1.82, 2.24) is 0 Å². The first-order valence-electron chi connectivity index (χ1n) is 4.92. The third-order valence-corrected chi connectivity index (χ3v) is 2.15. The van der Waals surface area contributed by atoms with Crippen molar-refractivity contribution in [3.8, 4) is 11.5 Å². The van der Waals surface area contributed by atoms with Gasteiger partial charge in [-0.1, -0.05) is 18.2 Å². The lowest BCUT2D eigenvalue weighted by Gasteiger charge is -2.06. The van der Waals surface area contributed by atoms with Gasteiger partial charge in [0.15, 0.2) is 0 Å². The molecular weight excluding hydrogens is 259 g/mol. The Morgan fingerprint density at radius 1 is 1.06 bits per heavy atom. The smallest absolute Gasteiger partial charge is 0.338 e. The molecule has 94 valence electrons. The van der Waals surface area contributed by atoms with E-state index in [1.807, 2.05) is 6.07 Å². The number of halogens is 2. The van der Waals surface area contributed by atoms with Gasteiger partial charge in [-0.3, -0.25) is 0 Å². The van der Waals surface area contributed by atoms with E-state index in [9.17, 15) is 9.18 Å². The van der Waals surface area contributed by atoms with Crippen LogP contribution in [0.5, 0.6) is 11.5 Å². The standard InChI is InChI=1S/C13H9FO3.ClH/c14-12-7-6-10(8-11(12)13(15)16)17-9-4-2-1-3-5-9;/h1-8H,(H,15,16);1H. The Labute approximate surface area is 109 Å². The van der Waals surface area contributed by atoms with E-state index >= 15 is 0 Å². The van der Waals surface area contributed by atoms with Crippen molar-refractivity contribution in [2.24, 2.45) is 0 Å². The largest absolute Gasteiger partial charge is 0.478 e. The molecule has 0 aromatic heterocycles. The van der Waals surface area contributed by atoms with Crippen molar-refractivity contribution in [3.63, 3.8) is 0 Å². The first kappa shape index (κ1) is 14.0. The van der Waals surface area contributed by atoms with E-state index in [2.05, 4.69) is 0 Å². The maximum atomic E-state index is 13.1. The zero-order valence-electron chi connectivity index (χ0n) is 9.17. The quantitative estimate of drug-likeness (QED) is 0.922. The average molecular weight is 269 g/mol. The third kappa shape index (κ3) is 3.21. The number of rotatable bonds is 3. The molecule has 0 fully saturated rings. The fraction of sp³-hybridized carbons (Fsp3) is 0. The number of hydrogen-bond donors (Lipinski definition) is 1. The van der Waals surface area contributed by atoms with Crippen LogP contribution in [0, 0.1) is 5.82 Å². The molecule has 18 heavy (non-hydrogen) atoms. The molecule has 2 aromatic carbocycles. The van der Waals surface area contributed by atoms with Gasteiger partial charge in [0.25, 0.3) is 0 Å². The minimum absolute atomic E-state index is 0. The molecule has 0 radical (unpaired) electrons. The summed E-state index contributed by atoms with van der Waals surface area (Å²) >= 11 is 0. The topological polar surface area (TPSA) is 46.5 Å². The van der Waals surface area contributed by atoms with E-state index in [1.165, 1.54) is 6.07 Å². The van der Waals surface area contributed by atoms with Crippen LogP contribution in [0.1, 0.15) is 10.4 Å². The summed E-state index contributed by atoms with van der Waals surface area (Å²) in [4.78, 5) is 10.7. The second kappa shape index (κ2) is 6.02. The van der Waals surface area contributed by atoms with Crippen molar-refractivity contribution in [2.45, 2.75) is 0 Å². The van der Waals surface area contributed by atoms with Gasteiger partial charge in [-0.05, 0) is 30.3 Å². The fourth-order valence-electron chi connectivity index (χ4n) is 1.36. The van der Waals surface area contributed by atoms with Crippen molar-refractivity contribution >= 4 is 18.4 Å². The molecule has 3 nitrogen and oxygen atoms in total. The Hall–Kier alpha value is -2.07. The molecule has 2 rings (SSSR count). The molecule has 2 aromatic rings. The van der Waals surface area contributed by atoms with Gasteiger partial charge in [-0.15, -0.1) is 12.4 Å². The highest BCUT2D eigenvalue weighted by Gasteiger charge is 2.11. The lowest BCUT2D eigenvalue weighted by Crippen LogP contribution is -2.00. The summed E-state index contributed by atoms with van der Waals surface area (Å²) in [5, 5.41) is 8.76. The molecule has 0 aliphatic rings. The maximum Gasteiger partial charge on any atom is 0.338 e. The monoisotopic (exact) mass is 268 g/mol. The molecule has 5 heteroatoms. The summed E-state index contributed by atoms with van der Waals surface area (Å²) in [5.41, 5.74) is -0.404. The second-order valence-corrected chi connectivity index (χ2v) is 3.36. The number of carbonyl (C=O) groups is 1. The number of para-hydroxylation sites is 1. The zero-order chi connectivity index (χ0) is 12.3. The molecule has 0 atom stereocenters. The first-order valence-corrected chi connectivity index (χ1v) is 4.92. The molecule has 0 unspecified atom stereocenters. The van der Waals surface area contributed by atoms with E-state index in [-0.39, 0.29) is 18.2 Å². The predicted octanol–water partition coefficient (Wildman–Crippen LogP) is 3.74. The van der Waals surface area contributed by atoms with E-state index < -0.39 is 17.3 Å². The number of benzene rings is 2. The number of carboxylic acid groups (broad SMARTS) is 1. The Morgan fingerprint density at radius 2 is 1.72 bits per heavy atom. The zero-order valence-corrected chi connectivity index (χ0v) is 9.99. The molecule has 1 N–H and O–H groups in total. The van der Waals surface area contributed by atoms with Crippen molar-refractivity contribution < 1.29 is 19.0 Å². The van der Waals surface area contributed by atoms with Crippen LogP contribution in [0.15, 0.2) is 48.5 Å². The lowest BCUT2D eigenvalue weighted by atomic mass is 10.2. The summed E-state index contributed by atoms with van der Waals surface area (Å²) in [7, 11) is 0. The maximum absolute atomic E-state index is 13.1. The highest BCUT2D eigenvalue weighted by atomic mass is 35.5. The van der Waals surface area contributed by atoms with Gasteiger partial charge < -0.3 is 9.84 Å². The summed E-state index contributed by atoms with van der Waals surface area (Å²) < 4.78 is 18.5. The normalized spacial score (nSPS) is 9.39. The van der Waals surface area contributed by atoms with Gasteiger partial charge in [-0.25, -0.2) is 9.18 Å². The van der Waals surface area contributed by atoms with E-state index in [1.54, 1.807) is 24.3 Å². The van der Waals surface area contributed by atoms with Gasteiger partial charge in [0.05, 0.1) is 5.56 Å². The van der Waals surface area contributed by atoms with Crippen LogP contribution in [0.3, 0.4) is 0 Å². The molecule has 0 saturated carbocycles. The number of hydrogen-bond acceptors (Lipinski definition) is 2. The SMILES string of the molecule is Cl.O=C(O)c1cc(Oc2ccccc2)ccc1F. The summed E-state index contributed by atoms with van der Waals surface area (Å²) in [6.07, 6.45) is 0. The second-order valence-electron chi connectivity index (χ2n) is 3.36. The molecule has 0 heterocycles. The van der Waals surface area contributed by atoms with E-state index in [0.717, 1.165) is 12.1 Å². The average Bonchev–Trinajstić information content (AvgIpc) is 2.32. The van der Waals surface area contributed by atoms with Crippen LogP contribution in [0.2, 0.25) is 0 Å². The number of ether oxygens (including phenoxy) is 1. The van der Waals surface area contributed by atoms with Gasteiger partial charge in [0, 0.05) is 0 Å². The number of aromatic carboxylic acids is 1. The highest BCUT2D eigenvalue weighted by Crippen LogP contribution is 2.23.